The molecule has 0 amide bonds. The van der Waals surface area contributed by atoms with Crippen molar-refractivity contribution in [3.8, 4) is 0 Å². The van der Waals surface area contributed by atoms with Gasteiger partial charge in [0.25, 0.3) is 0 Å². The first-order chi connectivity index (χ1) is 10.1. The molecule has 1 aliphatic rings. The van der Waals surface area contributed by atoms with Crippen LogP contribution in [0.3, 0.4) is 0 Å². The molecule has 108 valence electrons. The molecule has 0 spiro atoms. The summed E-state index contributed by atoms with van der Waals surface area (Å²) in [4.78, 5) is 19.7. The fourth-order valence-corrected chi connectivity index (χ4v) is 2.53. The van der Waals surface area contributed by atoms with E-state index in [1.54, 1.807) is 0 Å². The second kappa shape index (κ2) is 4.97. The molecule has 6 nitrogen and oxygen atoms in total. The molecule has 21 heavy (non-hydrogen) atoms. The molecule has 0 unspecified atom stereocenters. The summed E-state index contributed by atoms with van der Waals surface area (Å²) in [6.07, 6.45) is 1.40. The minimum atomic E-state index is -1.04. The molecule has 1 aromatic carbocycles. The number of nitrogens with zero attached hydrogens (tertiary/aromatic N) is 3. The SMILES string of the molecule is CN1CCN(c2cc(C(=O)O)c(N)cn2)c2ccccc21. The molecule has 0 bridgehead atoms. The van der Waals surface area contributed by atoms with Crippen molar-refractivity contribution in [1.82, 2.24) is 4.98 Å². The van der Waals surface area contributed by atoms with Gasteiger partial charge in [-0.05, 0) is 18.2 Å². The van der Waals surface area contributed by atoms with Gasteiger partial charge in [0.2, 0.25) is 0 Å². The van der Waals surface area contributed by atoms with E-state index in [0.29, 0.717) is 5.82 Å². The average molecular weight is 284 g/mol. The number of carboxylic acids is 1. The highest BCUT2D eigenvalue weighted by Gasteiger charge is 2.23. The molecular formula is C15H16N4O2. The standard InChI is InChI=1S/C15H16N4O2/c1-18-6-7-19(13-5-3-2-4-12(13)18)14-8-10(15(20)21)11(16)9-17-14/h2-5,8-9H,6-7,16H2,1H3,(H,20,21). The summed E-state index contributed by atoms with van der Waals surface area (Å²) in [7, 11) is 2.04. The first-order valence-corrected chi connectivity index (χ1v) is 6.64. The number of fused-ring (bicyclic) bond motifs is 1. The summed E-state index contributed by atoms with van der Waals surface area (Å²) in [5.41, 5.74) is 8.03. The van der Waals surface area contributed by atoms with Crippen molar-refractivity contribution in [3.05, 3.63) is 42.1 Å². The summed E-state index contributed by atoms with van der Waals surface area (Å²) < 4.78 is 0. The van der Waals surface area contributed by atoms with Gasteiger partial charge in [-0.2, -0.15) is 0 Å². The maximum absolute atomic E-state index is 11.2. The highest BCUT2D eigenvalue weighted by molar-refractivity contribution is 5.94. The third kappa shape index (κ3) is 2.24. The molecule has 0 saturated heterocycles. The minimum absolute atomic E-state index is 0.0800. The Morgan fingerprint density at radius 1 is 1.29 bits per heavy atom. The van der Waals surface area contributed by atoms with Crippen molar-refractivity contribution in [1.29, 1.82) is 0 Å². The molecule has 6 heteroatoms. The number of hydrogen-bond acceptors (Lipinski definition) is 5. The molecule has 0 atom stereocenters. The van der Waals surface area contributed by atoms with Crippen molar-refractivity contribution in [2.45, 2.75) is 0 Å². The van der Waals surface area contributed by atoms with E-state index in [9.17, 15) is 9.90 Å². The van der Waals surface area contributed by atoms with Crippen LogP contribution in [0.25, 0.3) is 0 Å². The van der Waals surface area contributed by atoms with E-state index in [-0.39, 0.29) is 11.3 Å². The van der Waals surface area contributed by atoms with Crippen molar-refractivity contribution in [3.63, 3.8) is 0 Å². The van der Waals surface area contributed by atoms with Crippen molar-refractivity contribution in [2.75, 3.05) is 35.7 Å². The average Bonchev–Trinajstić information content (AvgIpc) is 2.48. The summed E-state index contributed by atoms with van der Waals surface area (Å²) in [5.74, 6) is -0.444. The molecule has 1 aliphatic heterocycles. The van der Waals surface area contributed by atoms with Gasteiger partial charge in [0.05, 0.1) is 28.8 Å². The maximum Gasteiger partial charge on any atom is 0.337 e. The normalized spacial score (nSPS) is 14.0. The predicted molar refractivity (Wildman–Crippen MR) is 82.3 cm³/mol. The van der Waals surface area contributed by atoms with Gasteiger partial charge < -0.3 is 20.6 Å². The second-order valence-corrected chi connectivity index (χ2v) is 5.00. The lowest BCUT2D eigenvalue weighted by Crippen LogP contribution is -2.36. The third-order valence-corrected chi connectivity index (χ3v) is 3.67. The lowest BCUT2D eigenvalue weighted by Gasteiger charge is -2.36. The molecular weight excluding hydrogens is 268 g/mol. The maximum atomic E-state index is 11.2. The Bertz CT molecular complexity index is 702. The Morgan fingerprint density at radius 2 is 2.00 bits per heavy atom. The van der Waals surface area contributed by atoms with Gasteiger partial charge in [0.1, 0.15) is 5.82 Å². The topological polar surface area (TPSA) is 82.7 Å². The Hall–Kier alpha value is -2.76. The first-order valence-electron chi connectivity index (χ1n) is 6.64. The number of benzene rings is 1. The van der Waals surface area contributed by atoms with Gasteiger partial charge >= 0.3 is 5.97 Å². The number of carboxylic acid groups (broad SMARTS) is 1. The van der Waals surface area contributed by atoms with Gasteiger partial charge in [0, 0.05) is 20.1 Å². The van der Waals surface area contributed by atoms with Crippen LogP contribution in [0.5, 0.6) is 0 Å². The van der Waals surface area contributed by atoms with Crippen LogP contribution in [0.2, 0.25) is 0 Å². The summed E-state index contributed by atoms with van der Waals surface area (Å²) in [6.45, 7) is 1.58. The number of nitrogen functional groups attached to an aromatic ring is 1. The molecule has 3 rings (SSSR count). The zero-order chi connectivity index (χ0) is 15.0. The lowest BCUT2D eigenvalue weighted by molar-refractivity contribution is 0.0698. The zero-order valence-electron chi connectivity index (χ0n) is 11.7. The van der Waals surface area contributed by atoms with Crippen LogP contribution in [-0.4, -0.2) is 36.2 Å². The first kappa shape index (κ1) is 13.2. The third-order valence-electron chi connectivity index (χ3n) is 3.67. The van der Waals surface area contributed by atoms with E-state index < -0.39 is 5.97 Å². The Balaban J connectivity index is 2.08. The van der Waals surface area contributed by atoms with E-state index in [2.05, 4.69) is 9.88 Å². The fourth-order valence-electron chi connectivity index (χ4n) is 2.53. The van der Waals surface area contributed by atoms with E-state index in [1.165, 1.54) is 12.3 Å². The molecule has 0 saturated carbocycles. The Morgan fingerprint density at radius 3 is 2.71 bits per heavy atom. The minimum Gasteiger partial charge on any atom is -0.478 e. The van der Waals surface area contributed by atoms with E-state index in [4.69, 9.17) is 5.73 Å². The van der Waals surface area contributed by atoms with Crippen molar-refractivity contribution in [2.24, 2.45) is 0 Å². The van der Waals surface area contributed by atoms with Gasteiger partial charge in [-0.15, -0.1) is 0 Å². The van der Waals surface area contributed by atoms with Crippen LogP contribution >= 0.6 is 0 Å². The number of para-hydroxylation sites is 2. The number of likely N-dealkylation sites (N-methyl/N-ethyl adjacent to an activating group) is 1. The largest absolute Gasteiger partial charge is 0.478 e. The molecule has 1 aromatic heterocycles. The van der Waals surface area contributed by atoms with Gasteiger partial charge in [0.15, 0.2) is 0 Å². The van der Waals surface area contributed by atoms with Crippen LogP contribution in [0.4, 0.5) is 22.9 Å². The van der Waals surface area contributed by atoms with Crippen LogP contribution in [-0.2, 0) is 0 Å². The summed E-state index contributed by atoms with van der Waals surface area (Å²) in [5, 5.41) is 9.19. The molecule has 0 radical (unpaired) electrons. The highest BCUT2D eigenvalue weighted by Crippen LogP contribution is 2.36. The quantitative estimate of drug-likeness (QED) is 0.877. The summed E-state index contributed by atoms with van der Waals surface area (Å²) >= 11 is 0. The summed E-state index contributed by atoms with van der Waals surface area (Å²) in [6, 6.07) is 9.51. The number of pyridine rings is 1. The van der Waals surface area contributed by atoms with Gasteiger partial charge in [-0.1, -0.05) is 12.1 Å². The predicted octanol–water partition coefficient (Wildman–Crippen LogP) is 1.95. The van der Waals surface area contributed by atoms with Gasteiger partial charge in [-0.3, -0.25) is 0 Å². The second-order valence-electron chi connectivity index (χ2n) is 5.00. The van der Waals surface area contributed by atoms with Crippen LogP contribution in [0.15, 0.2) is 36.5 Å². The number of aromatic carboxylic acids is 1. The molecule has 3 N–H and O–H groups in total. The lowest BCUT2D eigenvalue weighted by atomic mass is 10.1. The Labute approximate surface area is 122 Å². The van der Waals surface area contributed by atoms with E-state index in [1.807, 2.05) is 36.2 Å². The van der Waals surface area contributed by atoms with Gasteiger partial charge in [-0.25, -0.2) is 9.78 Å². The molecule has 2 aromatic rings. The molecule has 0 aliphatic carbocycles. The fraction of sp³-hybridized carbons (Fsp3) is 0.200. The van der Waals surface area contributed by atoms with E-state index >= 15 is 0 Å². The number of anilines is 4. The number of rotatable bonds is 2. The monoisotopic (exact) mass is 284 g/mol. The number of aromatic nitrogens is 1. The van der Waals surface area contributed by atoms with Crippen molar-refractivity contribution >= 4 is 28.8 Å². The molecule has 2 heterocycles. The number of hydrogen-bond donors (Lipinski definition) is 2. The number of nitrogens with two attached hydrogens (primary N) is 1. The number of carbonyl (C=O) groups is 1. The highest BCUT2D eigenvalue weighted by atomic mass is 16.4. The zero-order valence-corrected chi connectivity index (χ0v) is 11.7. The smallest absolute Gasteiger partial charge is 0.337 e. The van der Waals surface area contributed by atoms with E-state index in [0.717, 1.165) is 24.5 Å². The Kier molecular flexibility index (Phi) is 3.13. The van der Waals surface area contributed by atoms with Crippen LogP contribution in [0, 0.1) is 0 Å². The van der Waals surface area contributed by atoms with Crippen LogP contribution < -0.4 is 15.5 Å². The van der Waals surface area contributed by atoms with Crippen molar-refractivity contribution < 1.29 is 9.90 Å². The van der Waals surface area contributed by atoms with Crippen LogP contribution in [0.1, 0.15) is 10.4 Å². The molecule has 0 fully saturated rings.